The van der Waals surface area contributed by atoms with Gasteiger partial charge in [0.1, 0.15) is 0 Å². The van der Waals surface area contributed by atoms with Crippen molar-refractivity contribution >= 4 is 28.3 Å². The number of ether oxygens (including phenoxy) is 1. The predicted octanol–water partition coefficient (Wildman–Crippen LogP) is 1.02. The summed E-state index contributed by atoms with van der Waals surface area (Å²) in [6, 6.07) is 6.54. The van der Waals surface area contributed by atoms with E-state index in [0.29, 0.717) is 25.0 Å². The first-order valence-corrected chi connectivity index (χ1v) is 10.5. The monoisotopic (exact) mass is 417 g/mol. The van der Waals surface area contributed by atoms with Crippen molar-refractivity contribution in [2.75, 3.05) is 20.3 Å². The molecule has 1 aromatic carbocycles. The van der Waals surface area contributed by atoms with Gasteiger partial charge in [-0.2, -0.15) is 0 Å². The Labute approximate surface area is 166 Å². The zero-order chi connectivity index (χ0) is 18.7. The third-order valence-corrected chi connectivity index (χ3v) is 7.02. The van der Waals surface area contributed by atoms with Gasteiger partial charge in [-0.15, -0.1) is 12.4 Å². The second-order valence-corrected chi connectivity index (χ2v) is 8.96. The highest BCUT2D eigenvalue weighted by atomic mass is 35.5. The fourth-order valence-electron chi connectivity index (χ4n) is 4.22. The van der Waals surface area contributed by atoms with E-state index in [1.165, 1.54) is 13.2 Å². The third-order valence-electron chi connectivity index (χ3n) is 5.56. The van der Waals surface area contributed by atoms with E-state index in [4.69, 9.17) is 10.5 Å². The molecule has 0 spiro atoms. The van der Waals surface area contributed by atoms with Crippen molar-refractivity contribution in [3.05, 3.63) is 29.8 Å². The lowest BCUT2D eigenvalue weighted by molar-refractivity contribution is -0.127. The molecule has 1 amide bonds. The zero-order valence-electron chi connectivity index (χ0n) is 15.4. The van der Waals surface area contributed by atoms with Gasteiger partial charge in [0.2, 0.25) is 15.9 Å². The predicted molar refractivity (Wildman–Crippen MR) is 105 cm³/mol. The standard InChI is InChI=1S/C18H27N3O4S.ClH/c1-25-8-7-21-26(23,24)15-4-2-3-12(9-15)11-20-18(22)16-13-5-6-14(10-13)17(16)19;/h2-4,9,13-14,16-17,21H,5-8,10-11,19H2,1H3,(H,20,22);1H. The molecule has 0 heterocycles. The quantitative estimate of drug-likeness (QED) is 0.547. The summed E-state index contributed by atoms with van der Waals surface area (Å²) in [4.78, 5) is 12.7. The summed E-state index contributed by atoms with van der Waals surface area (Å²) in [7, 11) is -2.07. The molecule has 0 aromatic heterocycles. The Balaban J connectivity index is 0.00000261. The van der Waals surface area contributed by atoms with Gasteiger partial charge in [0, 0.05) is 26.2 Å². The van der Waals surface area contributed by atoms with Gasteiger partial charge < -0.3 is 15.8 Å². The number of sulfonamides is 1. The van der Waals surface area contributed by atoms with Crippen LogP contribution in [0.1, 0.15) is 24.8 Å². The van der Waals surface area contributed by atoms with Crippen LogP contribution in [0.25, 0.3) is 0 Å². The second kappa shape index (κ2) is 9.34. The summed E-state index contributed by atoms with van der Waals surface area (Å²) >= 11 is 0. The molecule has 1 aromatic rings. The number of methoxy groups -OCH3 is 1. The van der Waals surface area contributed by atoms with Gasteiger partial charge in [-0.05, 0) is 48.8 Å². The lowest BCUT2D eigenvalue weighted by Gasteiger charge is -2.27. The van der Waals surface area contributed by atoms with E-state index < -0.39 is 10.0 Å². The first-order chi connectivity index (χ1) is 12.4. The van der Waals surface area contributed by atoms with E-state index in [1.807, 2.05) is 0 Å². The molecule has 152 valence electrons. The van der Waals surface area contributed by atoms with E-state index in [9.17, 15) is 13.2 Å². The fourth-order valence-corrected chi connectivity index (χ4v) is 5.30. The van der Waals surface area contributed by atoms with Crippen LogP contribution in [-0.2, 0) is 26.1 Å². The number of amides is 1. The van der Waals surface area contributed by atoms with Gasteiger partial charge >= 0.3 is 0 Å². The van der Waals surface area contributed by atoms with Crippen LogP contribution in [0.4, 0.5) is 0 Å². The molecule has 0 aliphatic heterocycles. The lowest BCUT2D eigenvalue weighted by atomic mass is 9.84. The number of halogens is 1. The highest BCUT2D eigenvalue weighted by Gasteiger charge is 2.48. The molecule has 7 nitrogen and oxygen atoms in total. The third kappa shape index (κ3) is 5.00. The van der Waals surface area contributed by atoms with E-state index in [0.717, 1.165) is 24.8 Å². The normalized spacial score (nSPS) is 26.6. The van der Waals surface area contributed by atoms with Crippen molar-refractivity contribution in [2.24, 2.45) is 23.5 Å². The molecule has 0 saturated heterocycles. The molecule has 2 fully saturated rings. The molecule has 4 unspecified atom stereocenters. The van der Waals surface area contributed by atoms with E-state index in [-0.39, 0.29) is 41.7 Å². The highest BCUT2D eigenvalue weighted by molar-refractivity contribution is 7.89. The summed E-state index contributed by atoms with van der Waals surface area (Å²) in [5, 5.41) is 2.93. The molecule has 27 heavy (non-hydrogen) atoms. The van der Waals surface area contributed by atoms with Crippen molar-refractivity contribution in [1.29, 1.82) is 0 Å². The molecule has 2 saturated carbocycles. The van der Waals surface area contributed by atoms with Crippen LogP contribution in [0.15, 0.2) is 29.2 Å². The highest BCUT2D eigenvalue weighted by Crippen LogP contribution is 2.47. The summed E-state index contributed by atoms with van der Waals surface area (Å²) in [5.41, 5.74) is 6.96. The number of rotatable bonds is 8. The first kappa shape index (κ1) is 22.1. The van der Waals surface area contributed by atoms with Crippen molar-refractivity contribution in [3.63, 3.8) is 0 Å². The van der Waals surface area contributed by atoms with Gasteiger partial charge in [0.15, 0.2) is 0 Å². The van der Waals surface area contributed by atoms with E-state index in [1.54, 1.807) is 18.2 Å². The van der Waals surface area contributed by atoms with Gasteiger partial charge in [-0.3, -0.25) is 4.79 Å². The Morgan fingerprint density at radius 2 is 2.04 bits per heavy atom. The minimum atomic E-state index is -3.59. The lowest BCUT2D eigenvalue weighted by Crippen LogP contribution is -2.45. The molecule has 0 radical (unpaired) electrons. The Bertz CT molecular complexity index is 757. The number of carbonyl (C=O) groups is 1. The molecular weight excluding hydrogens is 390 g/mol. The number of hydrogen-bond donors (Lipinski definition) is 3. The van der Waals surface area contributed by atoms with Gasteiger partial charge in [-0.1, -0.05) is 12.1 Å². The number of carbonyl (C=O) groups excluding carboxylic acids is 1. The van der Waals surface area contributed by atoms with Crippen molar-refractivity contribution in [2.45, 2.75) is 36.7 Å². The van der Waals surface area contributed by atoms with Gasteiger partial charge in [-0.25, -0.2) is 13.1 Å². The number of benzene rings is 1. The minimum Gasteiger partial charge on any atom is -0.383 e. The maximum absolute atomic E-state index is 12.5. The summed E-state index contributed by atoms with van der Waals surface area (Å²) in [6.07, 6.45) is 3.27. The minimum absolute atomic E-state index is 0. The smallest absolute Gasteiger partial charge is 0.240 e. The van der Waals surface area contributed by atoms with E-state index >= 15 is 0 Å². The fraction of sp³-hybridized carbons (Fsp3) is 0.611. The summed E-state index contributed by atoms with van der Waals surface area (Å²) in [5.74, 6) is 0.738. The van der Waals surface area contributed by atoms with E-state index in [2.05, 4.69) is 10.0 Å². The molecule has 9 heteroatoms. The molecule has 2 aliphatic carbocycles. The number of nitrogens with two attached hydrogens (primary N) is 1. The molecular formula is C18H28ClN3O4S. The topological polar surface area (TPSA) is 111 Å². The van der Waals surface area contributed by atoms with Gasteiger partial charge in [0.05, 0.1) is 17.4 Å². The SMILES string of the molecule is COCCNS(=O)(=O)c1cccc(CNC(=O)C2C3CCC(C3)C2N)c1.Cl. The van der Waals surface area contributed by atoms with Crippen molar-refractivity contribution in [1.82, 2.24) is 10.0 Å². The van der Waals surface area contributed by atoms with Crippen molar-refractivity contribution in [3.8, 4) is 0 Å². The Hall–Kier alpha value is -1.19. The first-order valence-electron chi connectivity index (χ1n) is 9.03. The largest absolute Gasteiger partial charge is 0.383 e. The Morgan fingerprint density at radius 1 is 1.30 bits per heavy atom. The Kier molecular flexibility index (Phi) is 7.64. The maximum atomic E-state index is 12.5. The average molecular weight is 418 g/mol. The second-order valence-electron chi connectivity index (χ2n) is 7.19. The molecule has 3 rings (SSSR count). The van der Waals surface area contributed by atoms with Crippen LogP contribution in [0.2, 0.25) is 0 Å². The van der Waals surface area contributed by atoms with Crippen LogP contribution in [-0.4, -0.2) is 40.6 Å². The van der Waals surface area contributed by atoms with Crippen LogP contribution < -0.4 is 15.8 Å². The average Bonchev–Trinajstić information content (AvgIpc) is 3.21. The molecule has 4 atom stereocenters. The molecule has 2 bridgehead atoms. The number of nitrogens with one attached hydrogen (secondary N) is 2. The van der Waals surface area contributed by atoms with Crippen LogP contribution in [0.3, 0.4) is 0 Å². The zero-order valence-corrected chi connectivity index (χ0v) is 17.0. The van der Waals surface area contributed by atoms with Crippen LogP contribution >= 0.6 is 12.4 Å². The summed E-state index contributed by atoms with van der Waals surface area (Å²) in [6.45, 7) is 0.807. The molecule has 2 aliphatic rings. The number of hydrogen-bond acceptors (Lipinski definition) is 5. The van der Waals surface area contributed by atoms with Crippen LogP contribution in [0.5, 0.6) is 0 Å². The Morgan fingerprint density at radius 3 is 2.70 bits per heavy atom. The van der Waals surface area contributed by atoms with Crippen LogP contribution in [0, 0.1) is 17.8 Å². The van der Waals surface area contributed by atoms with Crippen molar-refractivity contribution < 1.29 is 17.9 Å². The summed E-state index contributed by atoms with van der Waals surface area (Å²) < 4.78 is 31.9. The number of fused-ring (bicyclic) bond motifs is 2. The maximum Gasteiger partial charge on any atom is 0.240 e. The molecule has 4 N–H and O–H groups in total. The van der Waals surface area contributed by atoms with Gasteiger partial charge in [0.25, 0.3) is 0 Å².